The Bertz CT molecular complexity index is 616. The highest BCUT2D eigenvalue weighted by molar-refractivity contribution is 7.80. The van der Waals surface area contributed by atoms with Gasteiger partial charge in [0.05, 0.1) is 13.2 Å². The number of rotatable bonds is 4. The molecule has 1 atom stereocenters. The Morgan fingerprint density at radius 2 is 1.90 bits per heavy atom. The lowest BCUT2D eigenvalue weighted by molar-refractivity contribution is 0.414. The summed E-state index contributed by atoms with van der Waals surface area (Å²) in [5.41, 5.74) is 1.99. The Morgan fingerprint density at radius 1 is 1.19 bits per heavy atom. The summed E-state index contributed by atoms with van der Waals surface area (Å²) in [6.45, 7) is 2.05. The van der Waals surface area contributed by atoms with Gasteiger partial charge in [-0.3, -0.25) is 0 Å². The molecule has 0 heterocycles. The van der Waals surface area contributed by atoms with Crippen LogP contribution in [0.15, 0.2) is 48.5 Å². The number of thiocarbonyl (C=S) groups is 1. The van der Waals surface area contributed by atoms with Gasteiger partial charge in [-0.05, 0) is 55.0 Å². The first-order chi connectivity index (χ1) is 10.1. The van der Waals surface area contributed by atoms with Gasteiger partial charge in [0.2, 0.25) is 0 Å². The van der Waals surface area contributed by atoms with E-state index in [1.54, 1.807) is 7.11 Å². The molecule has 0 aliphatic heterocycles. The molecule has 0 fully saturated rings. The second-order valence-corrected chi connectivity index (χ2v) is 5.45. The third-order valence-corrected chi connectivity index (χ3v) is 3.50. The summed E-state index contributed by atoms with van der Waals surface area (Å²) in [6, 6.07) is 15.4. The summed E-state index contributed by atoms with van der Waals surface area (Å²) in [5, 5.41) is 7.58. The van der Waals surface area contributed by atoms with Crippen LogP contribution in [-0.2, 0) is 0 Å². The zero-order valence-electron chi connectivity index (χ0n) is 11.9. The summed E-state index contributed by atoms with van der Waals surface area (Å²) in [5.74, 6) is 0.838. The van der Waals surface area contributed by atoms with E-state index in [1.165, 1.54) is 0 Å². The van der Waals surface area contributed by atoms with Crippen LogP contribution < -0.4 is 15.4 Å². The molecule has 110 valence electrons. The summed E-state index contributed by atoms with van der Waals surface area (Å²) < 4.78 is 5.15. The number of halogens is 1. The van der Waals surface area contributed by atoms with Crippen LogP contribution in [0.3, 0.4) is 0 Å². The maximum Gasteiger partial charge on any atom is 0.171 e. The van der Waals surface area contributed by atoms with Gasteiger partial charge >= 0.3 is 0 Å². The van der Waals surface area contributed by atoms with E-state index in [9.17, 15) is 0 Å². The molecule has 3 nitrogen and oxygen atoms in total. The van der Waals surface area contributed by atoms with Gasteiger partial charge in [-0.25, -0.2) is 0 Å². The van der Waals surface area contributed by atoms with Crippen LogP contribution in [0.1, 0.15) is 18.5 Å². The Balaban J connectivity index is 1.95. The lowest BCUT2D eigenvalue weighted by atomic mass is 10.1. The van der Waals surface area contributed by atoms with E-state index in [1.807, 2.05) is 55.5 Å². The summed E-state index contributed by atoms with van der Waals surface area (Å²) in [6.07, 6.45) is 0. The monoisotopic (exact) mass is 320 g/mol. The number of hydrogen-bond acceptors (Lipinski definition) is 2. The molecule has 5 heteroatoms. The van der Waals surface area contributed by atoms with Gasteiger partial charge in [0, 0.05) is 10.7 Å². The van der Waals surface area contributed by atoms with E-state index in [0.717, 1.165) is 17.0 Å². The minimum atomic E-state index is 0.0927. The summed E-state index contributed by atoms with van der Waals surface area (Å²) >= 11 is 11.3. The van der Waals surface area contributed by atoms with Crippen molar-refractivity contribution in [1.82, 2.24) is 5.32 Å². The molecule has 0 spiro atoms. The molecule has 0 saturated carbocycles. The van der Waals surface area contributed by atoms with Crippen molar-refractivity contribution in [3.63, 3.8) is 0 Å². The lowest BCUT2D eigenvalue weighted by Crippen LogP contribution is -2.30. The van der Waals surface area contributed by atoms with Gasteiger partial charge in [-0.15, -0.1) is 0 Å². The van der Waals surface area contributed by atoms with Gasteiger partial charge in [0.1, 0.15) is 5.75 Å². The number of ether oxygens (including phenoxy) is 1. The molecule has 0 unspecified atom stereocenters. The minimum absolute atomic E-state index is 0.0927. The quantitative estimate of drug-likeness (QED) is 0.818. The van der Waals surface area contributed by atoms with Crippen LogP contribution in [0.5, 0.6) is 5.75 Å². The van der Waals surface area contributed by atoms with Gasteiger partial charge in [-0.1, -0.05) is 29.8 Å². The van der Waals surface area contributed by atoms with Gasteiger partial charge in [0.25, 0.3) is 0 Å². The van der Waals surface area contributed by atoms with Crippen LogP contribution in [0, 0.1) is 0 Å². The highest BCUT2D eigenvalue weighted by Crippen LogP contribution is 2.18. The molecule has 2 aromatic carbocycles. The highest BCUT2D eigenvalue weighted by atomic mass is 35.5. The van der Waals surface area contributed by atoms with Crippen LogP contribution in [0.4, 0.5) is 5.69 Å². The molecule has 0 aliphatic carbocycles. The van der Waals surface area contributed by atoms with E-state index < -0.39 is 0 Å². The fourth-order valence-electron chi connectivity index (χ4n) is 1.91. The molecule has 2 N–H and O–H groups in total. The van der Waals surface area contributed by atoms with E-state index in [-0.39, 0.29) is 6.04 Å². The first kappa shape index (κ1) is 15.6. The second kappa shape index (κ2) is 7.29. The molecule has 0 amide bonds. The molecule has 2 rings (SSSR count). The molecule has 0 aromatic heterocycles. The van der Waals surface area contributed by atoms with Crippen molar-refractivity contribution in [3.05, 3.63) is 59.1 Å². The van der Waals surface area contributed by atoms with Crippen LogP contribution in [-0.4, -0.2) is 12.2 Å². The van der Waals surface area contributed by atoms with Crippen molar-refractivity contribution in [1.29, 1.82) is 0 Å². The maximum absolute atomic E-state index is 5.94. The average molecular weight is 321 g/mol. The fourth-order valence-corrected chi connectivity index (χ4v) is 2.39. The lowest BCUT2D eigenvalue weighted by Gasteiger charge is -2.17. The summed E-state index contributed by atoms with van der Waals surface area (Å²) in [4.78, 5) is 0. The van der Waals surface area contributed by atoms with Crippen molar-refractivity contribution in [2.24, 2.45) is 0 Å². The second-order valence-electron chi connectivity index (χ2n) is 4.60. The fraction of sp³-hybridized carbons (Fsp3) is 0.188. The molecular weight excluding hydrogens is 304 g/mol. The van der Waals surface area contributed by atoms with E-state index in [4.69, 9.17) is 28.6 Å². The zero-order valence-corrected chi connectivity index (χ0v) is 13.5. The predicted octanol–water partition coefficient (Wildman–Crippen LogP) is 4.40. The number of anilines is 1. The number of benzene rings is 2. The van der Waals surface area contributed by atoms with E-state index >= 15 is 0 Å². The van der Waals surface area contributed by atoms with Gasteiger partial charge < -0.3 is 15.4 Å². The third kappa shape index (κ3) is 4.62. The van der Waals surface area contributed by atoms with Crippen molar-refractivity contribution < 1.29 is 4.74 Å². The maximum atomic E-state index is 5.94. The summed E-state index contributed by atoms with van der Waals surface area (Å²) in [7, 11) is 1.65. The molecule has 0 aliphatic rings. The Labute approximate surface area is 135 Å². The van der Waals surface area contributed by atoms with Crippen molar-refractivity contribution >= 4 is 34.6 Å². The largest absolute Gasteiger partial charge is 0.497 e. The van der Waals surface area contributed by atoms with E-state index in [2.05, 4.69) is 10.6 Å². The SMILES string of the molecule is COc1ccc([C@@H](C)NC(=S)Nc2cccc(Cl)c2)cc1. The molecule has 2 aromatic rings. The Kier molecular flexibility index (Phi) is 5.42. The Hall–Kier alpha value is -1.78. The van der Waals surface area contributed by atoms with Crippen molar-refractivity contribution in [3.8, 4) is 5.75 Å². The van der Waals surface area contributed by atoms with Gasteiger partial charge in [0.15, 0.2) is 5.11 Å². The highest BCUT2D eigenvalue weighted by Gasteiger charge is 2.07. The van der Waals surface area contributed by atoms with Crippen LogP contribution >= 0.6 is 23.8 Å². The number of hydrogen-bond donors (Lipinski definition) is 2. The number of nitrogens with one attached hydrogen (secondary N) is 2. The van der Waals surface area contributed by atoms with E-state index in [0.29, 0.717) is 10.1 Å². The molecule has 0 bridgehead atoms. The van der Waals surface area contributed by atoms with Crippen LogP contribution in [0.2, 0.25) is 5.02 Å². The normalized spacial score (nSPS) is 11.6. The smallest absolute Gasteiger partial charge is 0.171 e. The topological polar surface area (TPSA) is 33.3 Å². The predicted molar refractivity (Wildman–Crippen MR) is 92.2 cm³/mol. The third-order valence-electron chi connectivity index (χ3n) is 3.05. The van der Waals surface area contributed by atoms with Crippen molar-refractivity contribution in [2.45, 2.75) is 13.0 Å². The first-order valence-electron chi connectivity index (χ1n) is 6.55. The standard InChI is InChI=1S/C16H17ClN2OS/c1-11(12-6-8-15(20-2)9-7-12)18-16(21)19-14-5-3-4-13(17)10-14/h3-11H,1-2H3,(H2,18,19,21)/t11-/m1/s1. The first-order valence-corrected chi connectivity index (χ1v) is 7.34. The average Bonchev–Trinajstić information content (AvgIpc) is 2.47. The number of methoxy groups -OCH3 is 1. The molecule has 0 saturated heterocycles. The van der Waals surface area contributed by atoms with Crippen molar-refractivity contribution in [2.75, 3.05) is 12.4 Å². The molecule has 0 radical (unpaired) electrons. The van der Waals surface area contributed by atoms with Crippen LogP contribution in [0.25, 0.3) is 0 Å². The zero-order chi connectivity index (χ0) is 15.2. The molecular formula is C16H17ClN2OS. The van der Waals surface area contributed by atoms with Gasteiger partial charge in [-0.2, -0.15) is 0 Å². The minimum Gasteiger partial charge on any atom is -0.497 e. The molecule has 21 heavy (non-hydrogen) atoms. The Morgan fingerprint density at radius 3 is 2.52 bits per heavy atom.